The Labute approximate surface area is 128 Å². The van der Waals surface area contributed by atoms with Crippen molar-refractivity contribution in [1.29, 1.82) is 0 Å². The van der Waals surface area contributed by atoms with Crippen LogP contribution < -0.4 is 10.5 Å². The van der Waals surface area contributed by atoms with Gasteiger partial charge in [0.15, 0.2) is 0 Å². The molecule has 21 heavy (non-hydrogen) atoms. The summed E-state index contributed by atoms with van der Waals surface area (Å²) in [6.07, 6.45) is -0.922. The minimum absolute atomic E-state index is 0.0212. The van der Waals surface area contributed by atoms with Gasteiger partial charge in [0, 0.05) is 12.5 Å². The van der Waals surface area contributed by atoms with Crippen LogP contribution in [0.15, 0.2) is 42.5 Å². The zero-order chi connectivity index (χ0) is 15.4. The molecule has 0 heterocycles. The van der Waals surface area contributed by atoms with E-state index in [1.54, 1.807) is 43.5 Å². The molecule has 0 amide bonds. The van der Waals surface area contributed by atoms with Crippen molar-refractivity contribution >= 4 is 11.6 Å². The second-order valence-corrected chi connectivity index (χ2v) is 5.11. The molecule has 0 bridgehead atoms. The number of ether oxygens (including phenoxy) is 1. The molecular weight excluding hydrogens is 293 g/mol. The van der Waals surface area contributed by atoms with Crippen LogP contribution in [0.4, 0.5) is 4.39 Å². The average Bonchev–Trinajstić information content (AvgIpc) is 2.52. The number of methoxy groups -OCH3 is 1. The summed E-state index contributed by atoms with van der Waals surface area (Å²) in [6.45, 7) is 0.102. The lowest BCUT2D eigenvalue weighted by Crippen LogP contribution is -2.21. The molecule has 112 valence electrons. The first kappa shape index (κ1) is 15.8. The summed E-state index contributed by atoms with van der Waals surface area (Å²) >= 11 is 5.79. The van der Waals surface area contributed by atoms with Crippen LogP contribution >= 0.6 is 11.6 Å². The summed E-state index contributed by atoms with van der Waals surface area (Å²) in [4.78, 5) is 0. The van der Waals surface area contributed by atoms with Gasteiger partial charge < -0.3 is 15.6 Å². The fourth-order valence-electron chi connectivity index (χ4n) is 2.27. The summed E-state index contributed by atoms with van der Waals surface area (Å²) < 4.78 is 19.2. The number of rotatable bonds is 5. The van der Waals surface area contributed by atoms with E-state index in [9.17, 15) is 9.50 Å². The molecule has 0 radical (unpaired) electrons. The molecule has 0 saturated heterocycles. The lowest BCUT2D eigenvalue weighted by Gasteiger charge is -2.23. The molecule has 2 unspecified atom stereocenters. The maximum absolute atomic E-state index is 14.1. The van der Waals surface area contributed by atoms with Gasteiger partial charge in [-0.25, -0.2) is 4.39 Å². The van der Waals surface area contributed by atoms with E-state index in [4.69, 9.17) is 22.1 Å². The number of benzene rings is 2. The average molecular weight is 310 g/mol. The van der Waals surface area contributed by atoms with Crippen molar-refractivity contribution in [2.24, 2.45) is 5.73 Å². The van der Waals surface area contributed by atoms with Crippen LogP contribution in [0.1, 0.15) is 23.1 Å². The van der Waals surface area contributed by atoms with E-state index in [1.165, 1.54) is 6.07 Å². The number of halogens is 2. The van der Waals surface area contributed by atoms with Crippen molar-refractivity contribution < 1.29 is 14.2 Å². The van der Waals surface area contributed by atoms with Gasteiger partial charge in [-0.2, -0.15) is 0 Å². The van der Waals surface area contributed by atoms with Crippen LogP contribution in [-0.2, 0) is 0 Å². The van der Waals surface area contributed by atoms with Gasteiger partial charge in [-0.05, 0) is 29.3 Å². The third kappa shape index (κ3) is 3.35. The maximum Gasteiger partial charge on any atom is 0.145 e. The summed E-state index contributed by atoms with van der Waals surface area (Å²) in [5.41, 5.74) is 6.68. The summed E-state index contributed by atoms with van der Waals surface area (Å²) in [5.74, 6) is -0.427. The van der Waals surface area contributed by atoms with Gasteiger partial charge in [-0.3, -0.25) is 0 Å². The number of aliphatic hydroxyl groups is 1. The zero-order valence-electron chi connectivity index (χ0n) is 11.6. The quantitative estimate of drug-likeness (QED) is 0.891. The third-order valence-corrected chi connectivity index (χ3v) is 3.77. The predicted molar refractivity (Wildman–Crippen MR) is 81.2 cm³/mol. The smallest absolute Gasteiger partial charge is 0.145 e. The highest BCUT2D eigenvalue weighted by Crippen LogP contribution is 2.34. The predicted octanol–water partition coefficient (Wildman–Crippen LogP) is 3.26. The second-order valence-electron chi connectivity index (χ2n) is 4.70. The minimum atomic E-state index is -0.922. The van der Waals surface area contributed by atoms with E-state index in [1.807, 2.05) is 0 Å². The standard InChI is InChI=1S/C16H17ClFNO2/c1-21-11-7-5-10(6-8-11)16(20)13(9-19)12-3-2-4-14(17)15(12)18/h2-8,13,16,20H,9,19H2,1H3. The first-order chi connectivity index (χ1) is 10.1. The van der Waals surface area contributed by atoms with Crippen LogP contribution in [0.2, 0.25) is 5.02 Å². The number of hydrogen-bond acceptors (Lipinski definition) is 3. The molecule has 0 aliphatic carbocycles. The Balaban J connectivity index is 2.33. The zero-order valence-corrected chi connectivity index (χ0v) is 12.3. The van der Waals surface area contributed by atoms with Crippen molar-refractivity contribution in [3.63, 3.8) is 0 Å². The molecule has 3 nitrogen and oxygen atoms in total. The van der Waals surface area contributed by atoms with E-state index in [-0.39, 0.29) is 11.6 Å². The fraction of sp³-hybridized carbons (Fsp3) is 0.250. The van der Waals surface area contributed by atoms with Crippen molar-refractivity contribution in [2.75, 3.05) is 13.7 Å². The van der Waals surface area contributed by atoms with Crippen molar-refractivity contribution in [3.05, 3.63) is 64.4 Å². The number of aliphatic hydroxyl groups excluding tert-OH is 1. The molecule has 2 atom stereocenters. The van der Waals surface area contributed by atoms with Gasteiger partial charge in [-0.1, -0.05) is 35.9 Å². The van der Waals surface area contributed by atoms with E-state index in [0.29, 0.717) is 16.9 Å². The van der Waals surface area contributed by atoms with Gasteiger partial charge in [0.25, 0.3) is 0 Å². The van der Waals surface area contributed by atoms with Crippen LogP contribution in [0, 0.1) is 5.82 Å². The lowest BCUT2D eigenvalue weighted by atomic mass is 9.89. The van der Waals surface area contributed by atoms with E-state index in [0.717, 1.165) is 0 Å². The molecule has 2 rings (SSSR count). The Morgan fingerprint density at radius 1 is 1.24 bits per heavy atom. The molecule has 5 heteroatoms. The molecular formula is C16H17ClFNO2. The Morgan fingerprint density at radius 2 is 1.90 bits per heavy atom. The first-order valence-electron chi connectivity index (χ1n) is 6.54. The van der Waals surface area contributed by atoms with Gasteiger partial charge in [-0.15, -0.1) is 0 Å². The lowest BCUT2D eigenvalue weighted by molar-refractivity contribution is 0.145. The molecule has 0 saturated carbocycles. The summed E-state index contributed by atoms with van der Waals surface area (Å²) in [7, 11) is 1.56. The highest BCUT2D eigenvalue weighted by Gasteiger charge is 2.25. The van der Waals surface area contributed by atoms with E-state index >= 15 is 0 Å². The first-order valence-corrected chi connectivity index (χ1v) is 6.92. The van der Waals surface area contributed by atoms with Gasteiger partial charge >= 0.3 is 0 Å². The molecule has 0 aliphatic heterocycles. The van der Waals surface area contributed by atoms with Crippen LogP contribution in [0.25, 0.3) is 0 Å². The van der Waals surface area contributed by atoms with Gasteiger partial charge in [0.1, 0.15) is 11.6 Å². The second kappa shape index (κ2) is 6.89. The Kier molecular flexibility index (Phi) is 5.17. The number of nitrogens with two attached hydrogens (primary N) is 1. The van der Waals surface area contributed by atoms with Crippen molar-refractivity contribution in [1.82, 2.24) is 0 Å². The normalized spacial score (nSPS) is 13.8. The van der Waals surface area contributed by atoms with E-state index < -0.39 is 17.8 Å². The number of hydrogen-bond donors (Lipinski definition) is 2. The third-order valence-electron chi connectivity index (χ3n) is 3.47. The molecule has 0 aromatic heterocycles. The highest BCUT2D eigenvalue weighted by molar-refractivity contribution is 6.30. The van der Waals surface area contributed by atoms with Crippen LogP contribution in [-0.4, -0.2) is 18.8 Å². The van der Waals surface area contributed by atoms with Crippen LogP contribution in [0.3, 0.4) is 0 Å². The van der Waals surface area contributed by atoms with Crippen molar-refractivity contribution in [2.45, 2.75) is 12.0 Å². The monoisotopic (exact) mass is 309 g/mol. The SMILES string of the molecule is COc1ccc(C(O)C(CN)c2cccc(Cl)c2F)cc1. The molecule has 2 aromatic carbocycles. The Bertz CT molecular complexity index is 604. The Hall–Kier alpha value is -1.62. The fourth-order valence-corrected chi connectivity index (χ4v) is 2.45. The molecule has 0 fully saturated rings. The summed E-state index contributed by atoms with van der Waals surface area (Å²) in [5, 5.41) is 10.5. The van der Waals surface area contributed by atoms with E-state index in [2.05, 4.69) is 0 Å². The largest absolute Gasteiger partial charge is 0.497 e. The molecule has 2 aromatic rings. The Morgan fingerprint density at radius 3 is 2.48 bits per heavy atom. The van der Waals surface area contributed by atoms with Gasteiger partial charge in [0.05, 0.1) is 18.2 Å². The van der Waals surface area contributed by atoms with Crippen molar-refractivity contribution in [3.8, 4) is 5.75 Å². The topological polar surface area (TPSA) is 55.5 Å². The van der Waals surface area contributed by atoms with Crippen LogP contribution in [0.5, 0.6) is 5.75 Å². The minimum Gasteiger partial charge on any atom is -0.497 e. The molecule has 0 aliphatic rings. The van der Waals surface area contributed by atoms with Gasteiger partial charge in [0.2, 0.25) is 0 Å². The maximum atomic E-state index is 14.1. The highest BCUT2D eigenvalue weighted by atomic mass is 35.5. The molecule has 0 spiro atoms. The molecule has 3 N–H and O–H groups in total. The summed E-state index contributed by atoms with van der Waals surface area (Å²) in [6, 6.07) is 11.6.